The van der Waals surface area contributed by atoms with E-state index in [9.17, 15) is 9.59 Å². The van der Waals surface area contributed by atoms with Gasteiger partial charge in [-0.2, -0.15) is 0 Å². The minimum Gasteiger partial charge on any atom is -0.497 e. The molecule has 0 saturated carbocycles. The van der Waals surface area contributed by atoms with Crippen LogP contribution in [0, 0.1) is 0 Å². The van der Waals surface area contributed by atoms with Crippen LogP contribution < -0.4 is 14.8 Å². The maximum absolute atomic E-state index is 12.7. The van der Waals surface area contributed by atoms with Gasteiger partial charge in [0, 0.05) is 29.1 Å². The highest BCUT2D eigenvalue weighted by Crippen LogP contribution is 2.29. The molecule has 0 bridgehead atoms. The predicted molar refractivity (Wildman–Crippen MR) is 118 cm³/mol. The number of benzene rings is 2. The molecule has 0 atom stereocenters. The lowest BCUT2D eigenvalue weighted by Gasteiger charge is -2.20. The Bertz CT molecular complexity index is 1060. The fourth-order valence-electron chi connectivity index (χ4n) is 2.95. The minimum absolute atomic E-state index is 0.256. The van der Waals surface area contributed by atoms with Crippen molar-refractivity contribution in [1.82, 2.24) is 4.90 Å². The summed E-state index contributed by atoms with van der Waals surface area (Å²) in [4.78, 5) is 26.7. The van der Waals surface area contributed by atoms with Crippen LogP contribution in [0.5, 0.6) is 11.5 Å². The molecule has 0 aliphatic carbocycles. The predicted octanol–water partition coefficient (Wildman–Crippen LogP) is 4.76. The molecule has 3 rings (SSSR count). The molecule has 7 nitrogen and oxygen atoms in total. The van der Waals surface area contributed by atoms with E-state index in [-0.39, 0.29) is 12.0 Å². The van der Waals surface area contributed by atoms with Gasteiger partial charge in [-0.05, 0) is 48.7 Å². The maximum Gasteiger partial charge on any atom is 0.348 e. The monoisotopic (exact) mass is 428 g/mol. The van der Waals surface area contributed by atoms with Crippen molar-refractivity contribution in [3.05, 3.63) is 52.9 Å². The highest BCUT2D eigenvalue weighted by molar-refractivity contribution is 7.20. The fourth-order valence-corrected chi connectivity index (χ4v) is 3.89. The number of methoxy groups -OCH3 is 2. The Labute approximate surface area is 179 Å². The highest BCUT2D eigenvalue weighted by atomic mass is 32.1. The molecule has 2 amide bonds. The van der Waals surface area contributed by atoms with Crippen molar-refractivity contribution >= 4 is 39.1 Å². The molecule has 158 valence electrons. The summed E-state index contributed by atoms with van der Waals surface area (Å²) in [5.74, 6) is 1.01. The molecule has 1 heterocycles. The normalized spacial score (nSPS) is 10.5. The molecule has 0 fully saturated rings. The van der Waals surface area contributed by atoms with Crippen LogP contribution in [0.15, 0.2) is 42.5 Å². The minimum atomic E-state index is -0.336. The van der Waals surface area contributed by atoms with E-state index in [1.54, 1.807) is 45.2 Å². The van der Waals surface area contributed by atoms with Crippen molar-refractivity contribution < 1.29 is 23.8 Å². The van der Waals surface area contributed by atoms with Crippen molar-refractivity contribution in [1.29, 1.82) is 0 Å². The molecule has 8 heteroatoms. The zero-order chi connectivity index (χ0) is 21.7. The third-order valence-electron chi connectivity index (χ3n) is 4.49. The number of urea groups is 1. The van der Waals surface area contributed by atoms with Crippen molar-refractivity contribution in [2.45, 2.75) is 13.5 Å². The van der Waals surface area contributed by atoms with E-state index < -0.39 is 0 Å². The van der Waals surface area contributed by atoms with Crippen LogP contribution in [0.3, 0.4) is 0 Å². The van der Waals surface area contributed by atoms with Gasteiger partial charge in [0.2, 0.25) is 0 Å². The molecule has 0 aliphatic heterocycles. The van der Waals surface area contributed by atoms with E-state index in [1.165, 1.54) is 11.3 Å². The summed E-state index contributed by atoms with van der Waals surface area (Å²) in [6, 6.07) is 12.5. The highest BCUT2D eigenvalue weighted by Gasteiger charge is 2.15. The van der Waals surface area contributed by atoms with Crippen LogP contribution in [0.25, 0.3) is 10.1 Å². The number of thiophene rings is 1. The third-order valence-corrected chi connectivity index (χ3v) is 5.59. The summed E-state index contributed by atoms with van der Waals surface area (Å²) in [5.41, 5.74) is 1.51. The number of carbonyl (C=O) groups excluding carboxylic acids is 2. The van der Waals surface area contributed by atoms with Gasteiger partial charge in [0.15, 0.2) is 0 Å². The Morgan fingerprint density at radius 3 is 2.57 bits per heavy atom. The number of hydrogen-bond acceptors (Lipinski definition) is 6. The molecule has 30 heavy (non-hydrogen) atoms. The fraction of sp³-hybridized carbons (Fsp3) is 0.273. The summed E-state index contributed by atoms with van der Waals surface area (Å²) >= 11 is 1.37. The molecule has 0 radical (unpaired) electrons. The maximum atomic E-state index is 12.7. The molecular weight excluding hydrogens is 404 g/mol. The van der Waals surface area contributed by atoms with E-state index >= 15 is 0 Å². The van der Waals surface area contributed by atoms with E-state index in [0.717, 1.165) is 15.6 Å². The van der Waals surface area contributed by atoms with E-state index in [4.69, 9.17) is 14.2 Å². The van der Waals surface area contributed by atoms with Crippen molar-refractivity contribution in [3.63, 3.8) is 0 Å². The van der Waals surface area contributed by atoms with Crippen LogP contribution in [-0.4, -0.2) is 44.8 Å². The Kier molecular flexibility index (Phi) is 6.79. The zero-order valence-corrected chi connectivity index (χ0v) is 18.2. The second-order valence-electron chi connectivity index (χ2n) is 6.55. The first-order valence-corrected chi connectivity index (χ1v) is 10.2. The number of carbonyl (C=O) groups is 2. The average Bonchev–Trinajstić information content (AvgIpc) is 3.17. The number of amides is 2. The summed E-state index contributed by atoms with van der Waals surface area (Å²) < 4.78 is 16.6. The summed E-state index contributed by atoms with van der Waals surface area (Å²) in [5, 5.41) is 3.76. The van der Waals surface area contributed by atoms with Crippen LogP contribution in [0.4, 0.5) is 10.5 Å². The van der Waals surface area contributed by atoms with Gasteiger partial charge in [0.25, 0.3) is 0 Å². The molecule has 3 aromatic rings. The SMILES string of the molecule is CCOC(=O)c1cc2cc(NC(=O)N(C)Cc3ccc(OC)cc3OC)ccc2s1. The van der Waals surface area contributed by atoms with Crippen LogP contribution in [0.2, 0.25) is 0 Å². The van der Waals surface area contributed by atoms with Gasteiger partial charge in [-0.1, -0.05) is 0 Å². The number of hydrogen-bond donors (Lipinski definition) is 1. The van der Waals surface area contributed by atoms with Gasteiger partial charge in [0.1, 0.15) is 16.4 Å². The van der Waals surface area contributed by atoms with Gasteiger partial charge >= 0.3 is 12.0 Å². The Balaban J connectivity index is 1.70. The lowest BCUT2D eigenvalue weighted by Crippen LogP contribution is -2.30. The number of esters is 1. The van der Waals surface area contributed by atoms with Crippen molar-refractivity contribution in [3.8, 4) is 11.5 Å². The molecule has 1 N–H and O–H groups in total. The second-order valence-corrected chi connectivity index (χ2v) is 7.63. The van der Waals surface area contributed by atoms with Crippen molar-refractivity contribution in [2.75, 3.05) is 33.2 Å². The van der Waals surface area contributed by atoms with E-state index in [0.29, 0.717) is 35.2 Å². The molecule has 0 spiro atoms. The summed E-state index contributed by atoms with van der Waals surface area (Å²) in [6.07, 6.45) is 0. The van der Waals surface area contributed by atoms with Crippen LogP contribution >= 0.6 is 11.3 Å². The number of anilines is 1. The largest absolute Gasteiger partial charge is 0.497 e. The molecule has 1 aromatic heterocycles. The standard InChI is InChI=1S/C22H24N2O5S/c1-5-29-21(25)20-11-15-10-16(7-9-19(15)30-20)23-22(26)24(2)13-14-6-8-17(27-3)12-18(14)28-4/h6-12H,5,13H2,1-4H3,(H,23,26). The van der Waals surface area contributed by atoms with Gasteiger partial charge < -0.3 is 24.4 Å². The van der Waals surface area contributed by atoms with Gasteiger partial charge in [-0.15, -0.1) is 11.3 Å². The van der Waals surface area contributed by atoms with Crippen LogP contribution in [-0.2, 0) is 11.3 Å². The Hall–Kier alpha value is -3.26. The van der Waals surface area contributed by atoms with E-state index in [1.807, 2.05) is 30.3 Å². The van der Waals surface area contributed by atoms with Crippen molar-refractivity contribution in [2.24, 2.45) is 0 Å². The number of fused-ring (bicyclic) bond motifs is 1. The number of nitrogens with zero attached hydrogens (tertiary/aromatic N) is 1. The number of ether oxygens (including phenoxy) is 3. The Morgan fingerprint density at radius 2 is 1.87 bits per heavy atom. The molecular formula is C22H24N2O5S. The summed E-state index contributed by atoms with van der Waals surface area (Å²) in [7, 11) is 4.88. The number of rotatable bonds is 7. The van der Waals surface area contributed by atoms with Crippen LogP contribution in [0.1, 0.15) is 22.2 Å². The quantitative estimate of drug-likeness (QED) is 0.549. The van der Waals surface area contributed by atoms with E-state index in [2.05, 4.69) is 5.32 Å². The zero-order valence-electron chi connectivity index (χ0n) is 17.4. The number of nitrogens with one attached hydrogen (secondary N) is 1. The van der Waals surface area contributed by atoms with Gasteiger partial charge in [-0.25, -0.2) is 9.59 Å². The second kappa shape index (κ2) is 9.49. The molecule has 0 unspecified atom stereocenters. The first-order chi connectivity index (χ1) is 14.4. The molecule has 0 saturated heterocycles. The first kappa shape index (κ1) is 21.4. The average molecular weight is 429 g/mol. The molecule has 2 aromatic carbocycles. The smallest absolute Gasteiger partial charge is 0.348 e. The third kappa shape index (κ3) is 4.83. The molecule has 0 aliphatic rings. The Morgan fingerprint density at radius 1 is 1.07 bits per heavy atom. The van der Waals surface area contributed by atoms with Gasteiger partial charge in [0.05, 0.1) is 27.4 Å². The van der Waals surface area contributed by atoms with Gasteiger partial charge in [-0.3, -0.25) is 0 Å². The first-order valence-electron chi connectivity index (χ1n) is 9.39. The topological polar surface area (TPSA) is 77.1 Å². The summed E-state index contributed by atoms with van der Waals surface area (Å²) in [6.45, 7) is 2.48. The lowest BCUT2D eigenvalue weighted by molar-refractivity contribution is 0.0532. The lowest BCUT2D eigenvalue weighted by atomic mass is 10.2.